The molecule has 0 fully saturated rings. The highest BCUT2D eigenvalue weighted by atomic mass is 16.2. The van der Waals surface area contributed by atoms with Crippen LogP contribution in [-0.4, -0.2) is 35.5 Å². The third-order valence-electron chi connectivity index (χ3n) is 2.27. The van der Waals surface area contributed by atoms with Crippen LogP contribution in [0.5, 0.6) is 0 Å². The Morgan fingerprint density at radius 2 is 2.18 bits per heavy atom. The monoisotopic (exact) mass is 237 g/mol. The van der Waals surface area contributed by atoms with Gasteiger partial charge in [0.1, 0.15) is 5.82 Å². The number of carbonyl (C=O) groups excluding carboxylic acids is 1. The molecule has 1 aromatic heterocycles. The fourth-order valence-electron chi connectivity index (χ4n) is 1.52. The lowest BCUT2D eigenvalue weighted by molar-refractivity contribution is -0.119. The van der Waals surface area contributed by atoms with Gasteiger partial charge in [0.05, 0.1) is 6.54 Å². The Balaban J connectivity index is 2.82. The summed E-state index contributed by atoms with van der Waals surface area (Å²) in [6.07, 6.45) is 0. The van der Waals surface area contributed by atoms with Crippen LogP contribution >= 0.6 is 0 Å². The van der Waals surface area contributed by atoms with Gasteiger partial charge in [0.15, 0.2) is 0 Å². The Morgan fingerprint density at radius 1 is 1.47 bits per heavy atom. The number of aryl methyl sites for hydroxylation is 1. The number of nitrogen functional groups attached to an aromatic ring is 1. The Labute approximate surface area is 101 Å². The van der Waals surface area contributed by atoms with Crippen molar-refractivity contribution in [3.63, 3.8) is 0 Å². The van der Waals surface area contributed by atoms with Crippen molar-refractivity contribution in [3.05, 3.63) is 11.8 Å². The van der Waals surface area contributed by atoms with Gasteiger partial charge >= 0.3 is 0 Å². The lowest BCUT2D eigenvalue weighted by Crippen LogP contribution is -2.37. The van der Waals surface area contributed by atoms with Crippen LogP contribution in [0.2, 0.25) is 0 Å². The van der Waals surface area contributed by atoms with E-state index in [4.69, 9.17) is 5.73 Å². The second-order valence-corrected chi connectivity index (χ2v) is 3.69. The zero-order valence-electron chi connectivity index (χ0n) is 10.5. The van der Waals surface area contributed by atoms with Crippen LogP contribution in [0.4, 0.5) is 11.8 Å². The Bertz CT molecular complexity index is 373. The summed E-state index contributed by atoms with van der Waals surface area (Å²) in [6, 6.07) is 1.82. The van der Waals surface area contributed by atoms with Crippen molar-refractivity contribution in [2.75, 3.05) is 30.3 Å². The Kier molecular flexibility index (Phi) is 4.68. The second kappa shape index (κ2) is 6.03. The van der Waals surface area contributed by atoms with Gasteiger partial charge in [-0.3, -0.25) is 4.79 Å². The van der Waals surface area contributed by atoms with E-state index in [0.29, 0.717) is 18.9 Å². The fourth-order valence-corrected chi connectivity index (χ4v) is 1.52. The van der Waals surface area contributed by atoms with Gasteiger partial charge in [-0.1, -0.05) is 0 Å². The molecule has 1 rings (SSSR count). The molecule has 0 saturated carbocycles. The zero-order valence-corrected chi connectivity index (χ0v) is 10.5. The van der Waals surface area contributed by atoms with Gasteiger partial charge in [-0.2, -0.15) is 4.98 Å². The molecule has 1 heterocycles. The van der Waals surface area contributed by atoms with Crippen LogP contribution in [0.25, 0.3) is 0 Å². The minimum Gasteiger partial charge on any atom is -0.368 e. The summed E-state index contributed by atoms with van der Waals surface area (Å²) in [5.74, 6) is 0.891. The molecule has 1 aromatic rings. The number of hydrogen-bond acceptors (Lipinski definition) is 5. The van der Waals surface area contributed by atoms with Gasteiger partial charge in [0.2, 0.25) is 11.9 Å². The first-order valence-corrected chi connectivity index (χ1v) is 5.69. The van der Waals surface area contributed by atoms with Gasteiger partial charge in [-0.15, -0.1) is 0 Å². The smallest absolute Gasteiger partial charge is 0.239 e. The molecule has 94 valence electrons. The largest absolute Gasteiger partial charge is 0.368 e. The molecule has 1 amide bonds. The van der Waals surface area contributed by atoms with Gasteiger partial charge in [0.25, 0.3) is 0 Å². The maximum Gasteiger partial charge on any atom is 0.239 e. The number of hydrogen-bond donors (Lipinski definition) is 2. The van der Waals surface area contributed by atoms with Crippen molar-refractivity contribution in [3.8, 4) is 0 Å². The predicted octanol–water partition coefficient (Wildman–Crippen LogP) is 0.330. The predicted molar refractivity (Wildman–Crippen MR) is 67.8 cm³/mol. The number of carbonyl (C=O) groups is 1. The van der Waals surface area contributed by atoms with E-state index in [2.05, 4.69) is 15.3 Å². The van der Waals surface area contributed by atoms with Gasteiger partial charge in [0, 0.05) is 24.8 Å². The topological polar surface area (TPSA) is 84.1 Å². The van der Waals surface area contributed by atoms with Crippen LogP contribution in [0.3, 0.4) is 0 Å². The summed E-state index contributed by atoms with van der Waals surface area (Å²) in [7, 11) is 0. The molecule has 0 radical (unpaired) electrons. The molecule has 0 spiro atoms. The number of nitrogens with zero attached hydrogens (tertiary/aromatic N) is 3. The van der Waals surface area contributed by atoms with Gasteiger partial charge < -0.3 is 16.0 Å². The molecule has 6 nitrogen and oxygen atoms in total. The van der Waals surface area contributed by atoms with E-state index in [1.807, 2.05) is 31.7 Å². The molecule has 3 N–H and O–H groups in total. The minimum atomic E-state index is -0.0239. The highest BCUT2D eigenvalue weighted by Crippen LogP contribution is 2.12. The van der Waals surface area contributed by atoms with Gasteiger partial charge in [-0.05, 0) is 20.8 Å². The van der Waals surface area contributed by atoms with E-state index in [0.717, 1.165) is 5.69 Å². The van der Waals surface area contributed by atoms with Crippen molar-refractivity contribution in [1.82, 2.24) is 15.3 Å². The molecule has 17 heavy (non-hydrogen) atoms. The van der Waals surface area contributed by atoms with Crippen molar-refractivity contribution < 1.29 is 4.79 Å². The van der Waals surface area contributed by atoms with Crippen molar-refractivity contribution in [1.29, 1.82) is 0 Å². The van der Waals surface area contributed by atoms with E-state index >= 15 is 0 Å². The van der Waals surface area contributed by atoms with Crippen molar-refractivity contribution in [2.45, 2.75) is 20.8 Å². The van der Waals surface area contributed by atoms with E-state index in [1.54, 1.807) is 0 Å². The molecule has 0 aliphatic heterocycles. The Hall–Kier alpha value is -1.85. The maximum atomic E-state index is 11.5. The first-order valence-electron chi connectivity index (χ1n) is 5.69. The summed E-state index contributed by atoms with van der Waals surface area (Å²) in [5.41, 5.74) is 6.39. The van der Waals surface area contributed by atoms with Crippen LogP contribution in [0, 0.1) is 6.92 Å². The average molecular weight is 237 g/mol. The standard InChI is InChI=1S/C11H19N5O/c1-4-13-10(17)7-16(5-2)9-6-8(3)14-11(12)15-9/h6H,4-5,7H2,1-3H3,(H,13,17)(H2,12,14,15). The van der Waals surface area contributed by atoms with E-state index in [1.165, 1.54) is 0 Å². The molecule has 0 bridgehead atoms. The zero-order chi connectivity index (χ0) is 12.8. The number of likely N-dealkylation sites (N-methyl/N-ethyl adjacent to an activating group) is 2. The molecule has 0 unspecified atom stereocenters. The maximum absolute atomic E-state index is 11.5. The van der Waals surface area contributed by atoms with Crippen LogP contribution in [0.15, 0.2) is 6.07 Å². The highest BCUT2D eigenvalue weighted by Gasteiger charge is 2.11. The van der Waals surface area contributed by atoms with Crippen LogP contribution < -0.4 is 16.0 Å². The first kappa shape index (κ1) is 13.2. The number of nitrogens with one attached hydrogen (secondary N) is 1. The normalized spacial score (nSPS) is 10.1. The minimum absolute atomic E-state index is 0.0239. The summed E-state index contributed by atoms with van der Waals surface area (Å²) < 4.78 is 0. The van der Waals surface area contributed by atoms with E-state index in [9.17, 15) is 4.79 Å². The average Bonchev–Trinajstić information content (AvgIpc) is 2.24. The molecule has 0 aliphatic carbocycles. The molecular formula is C11H19N5O. The number of nitrogens with two attached hydrogens (primary N) is 1. The van der Waals surface area contributed by atoms with Crippen molar-refractivity contribution in [2.24, 2.45) is 0 Å². The third kappa shape index (κ3) is 3.90. The molecule has 0 aromatic carbocycles. The SMILES string of the molecule is CCNC(=O)CN(CC)c1cc(C)nc(N)n1. The Morgan fingerprint density at radius 3 is 2.71 bits per heavy atom. The lowest BCUT2D eigenvalue weighted by atomic mass is 10.3. The molecular weight excluding hydrogens is 218 g/mol. The second-order valence-electron chi connectivity index (χ2n) is 3.69. The number of aromatic nitrogens is 2. The number of amides is 1. The molecule has 0 atom stereocenters. The highest BCUT2D eigenvalue weighted by molar-refractivity contribution is 5.80. The summed E-state index contributed by atoms with van der Waals surface area (Å²) in [4.78, 5) is 21.5. The quantitative estimate of drug-likeness (QED) is 0.771. The molecule has 0 aliphatic rings. The van der Waals surface area contributed by atoms with Crippen LogP contribution in [0.1, 0.15) is 19.5 Å². The number of anilines is 2. The molecule has 6 heteroatoms. The van der Waals surface area contributed by atoms with E-state index < -0.39 is 0 Å². The molecule has 0 saturated heterocycles. The third-order valence-corrected chi connectivity index (χ3v) is 2.27. The van der Waals surface area contributed by atoms with Gasteiger partial charge in [-0.25, -0.2) is 4.98 Å². The summed E-state index contributed by atoms with van der Waals surface area (Å²) in [6.45, 7) is 7.30. The number of rotatable bonds is 5. The fraction of sp³-hybridized carbons (Fsp3) is 0.545. The van der Waals surface area contributed by atoms with E-state index in [-0.39, 0.29) is 18.4 Å². The van der Waals surface area contributed by atoms with Crippen molar-refractivity contribution >= 4 is 17.7 Å². The first-order chi connectivity index (χ1) is 8.06. The summed E-state index contributed by atoms with van der Waals surface area (Å²) >= 11 is 0. The lowest BCUT2D eigenvalue weighted by Gasteiger charge is -2.21. The summed E-state index contributed by atoms with van der Waals surface area (Å²) in [5, 5.41) is 2.75. The van der Waals surface area contributed by atoms with Crippen LogP contribution in [-0.2, 0) is 4.79 Å².